The molecule has 4 N–H and O–H groups in total. The number of aromatic hydroxyl groups is 3. The number of anilines is 2. The van der Waals surface area contributed by atoms with Crippen molar-refractivity contribution in [1.82, 2.24) is 9.47 Å². The molecule has 2 aromatic rings. The topological polar surface area (TPSA) is 110 Å². The summed E-state index contributed by atoms with van der Waals surface area (Å²) in [6.07, 6.45) is -0.558. The molecule has 1 aromatic heterocycles. The fourth-order valence-electron chi connectivity index (χ4n) is 3.11. The number of aliphatic imine (C=N–C) groups is 1. The van der Waals surface area contributed by atoms with Gasteiger partial charge >= 0.3 is 6.18 Å². The highest BCUT2D eigenvalue weighted by Crippen LogP contribution is 2.48. The van der Waals surface area contributed by atoms with Gasteiger partial charge in [-0.2, -0.15) is 13.2 Å². The lowest BCUT2D eigenvalue weighted by molar-refractivity contribution is -0.0582. The molecule has 32 heavy (non-hydrogen) atoms. The minimum absolute atomic E-state index is 0.0101. The van der Waals surface area contributed by atoms with Crippen LogP contribution < -0.4 is 5.32 Å². The molecule has 0 saturated heterocycles. The lowest BCUT2D eigenvalue weighted by Crippen LogP contribution is -2.24. The van der Waals surface area contributed by atoms with Crippen molar-refractivity contribution >= 4 is 28.7 Å². The van der Waals surface area contributed by atoms with Gasteiger partial charge in [0, 0.05) is 21.1 Å². The number of halogens is 3. The van der Waals surface area contributed by atoms with Crippen LogP contribution in [0.25, 0.3) is 0 Å². The molecule has 8 nitrogen and oxygen atoms in total. The number of allylic oxidation sites excluding steroid dienone is 4. The number of phenols is 1. The number of para-hydroxylation sites is 1. The third kappa shape index (κ3) is 4.13. The van der Waals surface area contributed by atoms with Crippen molar-refractivity contribution < 1.29 is 33.3 Å². The number of nitrogens with one attached hydrogen (secondary N) is 1. The number of hydrogen-bond donors (Lipinski definition) is 4. The SMILES string of the molecule is CN(C)C(=O)c1cccc(Nc2c(N=C(C3=CC=CC3)C(F)(F)F)c(O)n(C)c2O)c1O. The van der Waals surface area contributed by atoms with Crippen molar-refractivity contribution in [2.75, 3.05) is 19.4 Å². The predicted molar refractivity (Wildman–Crippen MR) is 113 cm³/mol. The summed E-state index contributed by atoms with van der Waals surface area (Å²) in [6.45, 7) is 0. The van der Waals surface area contributed by atoms with Crippen molar-refractivity contribution in [2.45, 2.75) is 12.6 Å². The molecule has 1 heterocycles. The number of phenolic OH excluding ortho intramolecular Hbond substituents is 1. The van der Waals surface area contributed by atoms with E-state index in [1.54, 1.807) is 0 Å². The highest BCUT2D eigenvalue weighted by atomic mass is 19.4. The maximum Gasteiger partial charge on any atom is 0.433 e. The molecule has 1 aliphatic carbocycles. The standard InChI is InChI=1S/C21H21F3N4O4/c1-27(2)18(30)12-9-6-10-13(16(12)29)25-14-15(20(32)28(3)19(14)31)26-17(21(22,23)24)11-7-4-5-8-11/h4-7,9-10,25,29,31-32H,8H2,1-3H3. The fraction of sp³-hybridized carbons (Fsp3) is 0.238. The maximum atomic E-state index is 13.7. The number of carbonyl (C=O) groups excluding carboxylic acids is 1. The Hall–Kier alpha value is -3.89. The minimum Gasteiger partial charge on any atom is -0.505 e. The fourth-order valence-corrected chi connectivity index (χ4v) is 3.11. The molecule has 1 aliphatic rings. The first-order valence-electron chi connectivity index (χ1n) is 9.36. The molecule has 0 fully saturated rings. The lowest BCUT2D eigenvalue weighted by atomic mass is 10.1. The van der Waals surface area contributed by atoms with Gasteiger partial charge < -0.3 is 25.5 Å². The summed E-state index contributed by atoms with van der Waals surface area (Å²) in [4.78, 5) is 17.1. The van der Waals surface area contributed by atoms with E-state index in [2.05, 4.69) is 10.3 Å². The van der Waals surface area contributed by atoms with Gasteiger partial charge in [0.15, 0.2) is 11.4 Å². The van der Waals surface area contributed by atoms with Gasteiger partial charge in [-0.15, -0.1) is 0 Å². The van der Waals surface area contributed by atoms with Gasteiger partial charge in [0.1, 0.15) is 11.4 Å². The second-order valence-corrected chi connectivity index (χ2v) is 7.24. The van der Waals surface area contributed by atoms with Crippen molar-refractivity contribution in [2.24, 2.45) is 12.0 Å². The van der Waals surface area contributed by atoms with E-state index < -0.39 is 41.0 Å². The first kappa shape index (κ1) is 22.8. The zero-order valence-corrected chi connectivity index (χ0v) is 17.4. The number of hydrogen-bond acceptors (Lipinski definition) is 6. The number of alkyl halides is 3. The highest BCUT2D eigenvalue weighted by Gasteiger charge is 2.39. The Bertz CT molecular complexity index is 1160. The van der Waals surface area contributed by atoms with E-state index in [0.717, 1.165) is 4.57 Å². The van der Waals surface area contributed by atoms with Crippen LogP contribution in [0.3, 0.4) is 0 Å². The van der Waals surface area contributed by atoms with Crippen LogP contribution in [0, 0.1) is 0 Å². The maximum absolute atomic E-state index is 13.7. The lowest BCUT2D eigenvalue weighted by Gasteiger charge is -2.15. The van der Waals surface area contributed by atoms with Gasteiger partial charge in [-0.25, -0.2) is 4.99 Å². The molecule has 1 aromatic carbocycles. The summed E-state index contributed by atoms with van der Waals surface area (Å²) in [5, 5.41) is 33.9. The minimum atomic E-state index is -4.83. The number of carbonyl (C=O) groups is 1. The van der Waals surface area contributed by atoms with E-state index in [9.17, 15) is 33.3 Å². The Balaban J connectivity index is 2.14. The van der Waals surface area contributed by atoms with Gasteiger partial charge in [-0.3, -0.25) is 9.36 Å². The molecule has 3 rings (SSSR count). The average molecular weight is 450 g/mol. The molecular formula is C21H21F3N4O4. The van der Waals surface area contributed by atoms with E-state index >= 15 is 0 Å². The average Bonchev–Trinajstić information content (AvgIpc) is 3.31. The Morgan fingerprint density at radius 1 is 1.19 bits per heavy atom. The molecule has 11 heteroatoms. The molecule has 0 atom stereocenters. The summed E-state index contributed by atoms with van der Waals surface area (Å²) < 4.78 is 41.9. The summed E-state index contributed by atoms with van der Waals surface area (Å²) in [5.41, 5.74) is -2.43. The Kier molecular flexibility index (Phi) is 5.93. The van der Waals surface area contributed by atoms with Gasteiger partial charge in [0.2, 0.25) is 11.8 Å². The van der Waals surface area contributed by atoms with Gasteiger partial charge in [-0.05, 0) is 24.1 Å². The second-order valence-electron chi connectivity index (χ2n) is 7.24. The normalized spacial score (nSPS) is 13.9. The first-order valence-corrected chi connectivity index (χ1v) is 9.36. The van der Waals surface area contributed by atoms with Crippen LogP contribution in [0.1, 0.15) is 16.8 Å². The zero-order chi connectivity index (χ0) is 23.8. The number of rotatable bonds is 5. The monoisotopic (exact) mass is 450 g/mol. The number of benzene rings is 1. The number of amides is 1. The van der Waals surface area contributed by atoms with E-state index in [4.69, 9.17) is 0 Å². The van der Waals surface area contributed by atoms with Crippen LogP contribution >= 0.6 is 0 Å². The summed E-state index contributed by atoms with van der Waals surface area (Å²) in [7, 11) is 4.20. The van der Waals surface area contributed by atoms with Crippen molar-refractivity contribution in [1.29, 1.82) is 0 Å². The zero-order valence-electron chi connectivity index (χ0n) is 17.4. The van der Waals surface area contributed by atoms with E-state index in [-0.39, 0.29) is 28.9 Å². The Morgan fingerprint density at radius 2 is 1.88 bits per heavy atom. The van der Waals surface area contributed by atoms with E-state index in [1.807, 2.05) is 0 Å². The molecule has 1 amide bonds. The van der Waals surface area contributed by atoms with Crippen LogP contribution in [-0.2, 0) is 7.05 Å². The van der Waals surface area contributed by atoms with Crippen molar-refractivity contribution in [3.05, 3.63) is 47.6 Å². The molecule has 0 unspecified atom stereocenters. The highest BCUT2D eigenvalue weighted by molar-refractivity contribution is 6.08. The molecule has 0 bridgehead atoms. The van der Waals surface area contributed by atoms with Crippen molar-refractivity contribution in [3.8, 4) is 17.5 Å². The largest absolute Gasteiger partial charge is 0.505 e. The summed E-state index contributed by atoms with van der Waals surface area (Å²) in [6, 6.07) is 4.16. The molecule has 0 saturated carbocycles. The van der Waals surface area contributed by atoms with Gasteiger partial charge in [0.25, 0.3) is 5.91 Å². The Morgan fingerprint density at radius 3 is 2.44 bits per heavy atom. The van der Waals surface area contributed by atoms with Crippen LogP contribution in [0.15, 0.2) is 47.0 Å². The molecule has 0 radical (unpaired) electrons. The van der Waals surface area contributed by atoms with Crippen LogP contribution in [0.5, 0.6) is 17.5 Å². The molecule has 0 spiro atoms. The molecule has 170 valence electrons. The van der Waals surface area contributed by atoms with Crippen LogP contribution in [0.2, 0.25) is 0 Å². The number of aromatic nitrogens is 1. The molecule has 0 aliphatic heterocycles. The molecular weight excluding hydrogens is 429 g/mol. The van der Waals surface area contributed by atoms with Gasteiger partial charge in [0.05, 0.1) is 11.3 Å². The first-order chi connectivity index (χ1) is 14.9. The smallest absolute Gasteiger partial charge is 0.433 e. The summed E-state index contributed by atoms with van der Waals surface area (Å²) >= 11 is 0. The van der Waals surface area contributed by atoms with Crippen LogP contribution in [0.4, 0.5) is 30.2 Å². The third-order valence-corrected chi connectivity index (χ3v) is 4.81. The van der Waals surface area contributed by atoms with Gasteiger partial charge in [-0.1, -0.05) is 24.3 Å². The Labute approximate surface area is 181 Å². The second kappa shape index (κ2) is 8.33. The van der Waals surface area contributed by atoms with E-state index in [0.29, 0.717) is 0 Å². The van der Waals surface area contributed by atoms with Crippen molar-refractivity contribution in [3.63, 3.8) is 0 Å². The van der Waals surface area contributed by atoms with E-state index in [1.165, 1.54) is 62.5 Å². The summed E-state index contributed by atoms with van der Waals surface area (Å²) in [5.74, 6) is -2.34. The third-order valence-electron chi connectivity index (χ3n) is 4.81. The predicted octanol–water partition coefficient (Wildman–Crippen LogP) is 4.11. The quantitative estimate of drug-likeness (QED) is 0.405. The van der Waals surface area contributed by atoms with Crippen LogP contribution in [-0.4, -0.2) is 56.7 Å². The number of nitrogens with zero attached hydrogens (tertiary/aromatic N) is 3.